The monoisotopic (exact) mass is 414 g/mol. The Morgan fingerprint density at radius 2 is 1.76 bits per heavy atom. The zero-order valence-corrected chi connectivity index (χ0v) is 18.4. The maximum absolute atomic E-state index is 12.6. The van der Waals surface area contributed by atoms with Crippen LogP contribution in [0.2, 0.25) is 5.02 Å². The van der Waals surface area contributed by atoms with Crippen molar-refractivity contribution in [2.75, 3.05) is 61.9 Å². The van der Waals surface area contributed by atoms with Gasteiger partial charge in [0.2, 0.25) is 5.91 Å². The molecule has 0 aromatic heterocycles. The van der Waals surface area contributed by atoms with E-state index in [-0.39, 0.29) is 5.91 Å². The minimum Gasteiger partial charge on any atom is -0.378 e. The van der Waals surface area contributed by atoms with Gasteiger partial charge >= 0.3 is 0 Å². The SMILES string of the molecule is CCN1CCN(c2ccc(Cl)cc2NC(=O)CCc2ccc(N(C)C)cc2)CC1. The quantitative estimate of drug-likeness (QED) is 0.739. The average molecular weight is 415 g/mol. The van der Waals surface area contributed by atoms with Crippen molar-refractivity contribution in [1.82, 2.24) is 4.90 Å². The van der Waals surface area contributed by atoms with Crippen molar-refractivity contribution in [3.8, 4) is 0 Å². The summed E-state index contributed by atoms with van der Waals surface area (Å²) in [6.45, 7) is 7.25. The first kappa shape index (κ1) is 21.5. The molecular weight excluding hydrogens is 384 g/mol. The van der Waals surface area contributed by atoms with E-state index in [1.165, 1.54) is 0 Å². The third kappa shape index (κ3) is 5.87. The van der Waals surface area contributed by atoms with Gasteiger partial charge in [0.25, 0.3) is 0 Å². The highest BCUT2D eigenvalue weighted by Gasteiger charge is 2.19. The van der Waals surface area contributed by atoms with Crippen molar-refractivity contribution in [2.24, 2.45) is 0 Å². The van der Waals surface area contributed by atoms with Crippen LogP contribution >= 0.6 is 11.6 Å². The number of carbonyl (C=O) groups excluding carboxylic acids is 1. The first-order chi connectivity index (χ1) is 14.0. The van der Waals surface area contributed by atoms with Gasteiger partial charge in [-0.2, -0.15) is 0 Å². The van der Waals surface area contributed by atoms with Gasteiger partial charge in [0.15, 0.2) is 0 Å². The predicted molar refractivity (Wildman–Crippen MR) is 123 cm³/mol. The number of hydrogen-bond acceptors (Lipinski definition) is 4. The summed E-state index contributed by atoms with van der Waals surface area (Å²) in [6.07, 6.45) is 1.15. The van der Waals surface area contributed by atoms with Crippen LogP contribution in [0.4, 0.5) is 17.1 Å². The fourth-order valence-corrected chi connectivity index (χ4v) is 3.79. The van der Waals surface area contributed by atoms with Gasteiger partial charge in [-0.25, -0.2) is 0 Å². The van der Waals surface area contributed by atoms with E-state index >= 15 is 0 Å². The normalized spacial score (nSPS) is 14.7. The van der Waals surface area contributed by atoms with E-state index in [2.05, 4.69) is 51.2 Å². The van der Waals surface area contributed by atoms with Crippen molar-refractivity contribution < 1.29 is 4.79 Å². The first-order valence-corrected chi connectivity index (χ1v) is 10.7. The molecule has 0 saturated carbocycles. The van der Waals surface area contributed by atoms with Crippen molar-refractivity contribution >= 4 is 34.6 Å². The zero-order chi connectivity index (χ0) is 20.8. The molecule has 0 atom stereocenters. The Morgan fingerprint density at radius 1 is 1.07 bits per heavy atom. The molecule has 3 rings (SSSR count). The average Bonchev–Trinajstić information content (AvgIpc) is 2.73. The van der Waals surface area contributed by atoms with E-state index in [0.717, 1.165) is 55.3 Å². The topological polar surface area (TPSA) is 38.8 Å². The highest BCUT2D eigenvalue weighted by Crippen LogP contribution is 2.30. The molecule has 5 nitrogen and oxygen atoms in total. The predicted octanol–water partition coefficient (Wildman–Crippen LogP) is 4.12. The lowest BCUT2D eigenvalue weighted by Gasteiger charge is -2.36. The van der Waals surface area contributed by atoms with E-state index in [4.69, 9.17) is 11.6 Å². The van der Waals surface area contributed by atoms with Crippen molar-refractivity contribution in [1.29, 1.82) is 0 Å². The highest BCUT2D eigenvalue weighted by atomic mass is 35.5. The molecule has 1 N–H and O–H groups in total. The van der Waals surface area contributed by atoms with E-state index in [0.29, 0.717) is 17.9 Å². The van der Waals surface area contributed by atoms with Crippen LogP contribution in [-0.4, -0.2) is 57.6 Å². The molecule has 1 aliphatic heterocycles. The Labute approximate surface area is 179 Å². The molecule has 0 unspecified atom stereocenters. The summed E-state index contributed by atoms with van der Waals surface area (Å²) in [5.74, 6) is 0.0115. The smallest absolute Gasteiger partial charge is 0.224 e. The molecule has 1 fully saturated rings. The molecule has 29 heavy (non-hydrogen) atoms. The molecule has 1 saturated heterocycles. The minimum absolute atomic E-state index is 0.0115. The third-order valence-corrected chi connectivity index (χ3v) is 5.72. The second-order valence-electron chi connectivity index (χ2n) is 7.69. The number of halogens is 1. The second-order valence-corrected chi connectivity index (χ2v) is 8.13. The number of aryl methyl sites for hydroxylation is 1. The first-order valence-electron chi connectivity index (χ1n) is 10.3. The Kier molecular flexibility index (Phi) is 7.40. The van der Waals surface area contributed by atoms with Crippen molar-refractivity contribution in [3.05, 3.63) is 53.1 Å². The van der Waals surface area contributed by atoms with Crippen LogP contribution in [0.3, 0.4) is 0 Å². The molecule has 0 aliphatic carbocycles. The Balaban J connectivity index is 1.61. The van der Waals surface area contributed by atoms with Gasteiger partial charge in [0.05, 0.1) is 11.4 Å². The molecule has 0 bridgehead atoms. The highest BCUT2D eigenvalue weighted by molar-refractivity contribution is 6.31. The molecule has 2 aromatic rings. The molecule has 0 spiro atoms. The molecule has 0 radical (unpaired) electrons. The molecule has 1 heterocycles. The van der Waals surface area contributed by atoms with E-state index in [1.807, 2.05) is 32.3 Å². The summed E-state index contributed by atoms with van der Waals surface area (Å²) in [7, 11) is 4.04. The number of amides is 1. The number of benzene rings is 2. The standard InChI is InChI=1S/C23H31ClN4O/c1-4-27-13-15-28(16-14-27)22-11-8-19(24)17-21(22)25-23(29)12-7-18-5-9-20(10-6-18)26(2)3/h5-6,8-11,17H,4,7,12-16H2,1-3H3,(H,25,29). The number of anilines is 3. The largest absolute Gasteiger partial charge is 0.378 e. The minimum atomic E-state index is 0.0115. The molecule has 1 amide bonds. The summed E-state index contributed by atoms with van der Waals surface area (Å²) in [5.41, 5.74) is 4.17. The zero-order valence-electron chi connectivity index (χ0n) is 17.6. The maximum atomic E-state index is 12.6. The van der Waals surface area contributed by atoms with Crippen LogP contribution in [0.5, 0.6) is 0 Å². The fourth-order valence-electron chi connectivity index (χ4n) is 3.62. The number of carbonyl (C=O) groups is 1. The lowest BCUT2D eigenvalue weighted by atomic mass is 10.1. The second kappa shape index (κ2) is 9.99. The van der Waals surface area contributed by atoms with Crippen LogP contribution in [0.15, 0.2) is 42.5 Å². The summed E-state index contributed by atoms with van der Waals surface area (Å²) in [5, 5.41) is 3.72. The van der Waals surface area contributed by atoms with E-state index < -0.39 is 0 Å². The number of nitrogens with one attached hydrogen (secondary N) is 1. The molecule has 6 heteroatoms. The van der Waals surface area contributed by atoms with Crippen LogP contribution in [-0.2, 0) is 11.2 Å². The van der Waals surface area contributed by atoms with Gasteiger partial charge in [-0.05, 0) is 48.9 Å². The van der Waals surface area contributed by atoms with E-state index in [9.17, 15) is 4.79 Å². The molecule has 2 aromatic carbocycles. The van der Waals surface area contributed by atoms with Gasteiger partial charge in [-0.15, -0.1) is 0 Å². The van der Waals surface area contributed by atoms with Gasteiger partial charge < -0.3 is 20.0 Å². The van der Waals surface area contributed by atoms with Gasteiger partial charge in [0.1, 0.15) is 0 Å². The lowest BCUT2D eigenvalue weighted by molar-refractivity contribution is -0.116. The summed E-state index contributed by atoms with van der Waals surface area (Å²) in [6, 6.07) is 14.1. The Hall–Kier alpha value is -2.24. The van der Waals surface area contributed by atoms with Gasteiger partial charge in [-0.3, -0.25) is 4.79 Å². The van der Waals surface area contributed by atoms with Crippen LogP contribution in [0.25, 0.3) is 0 Å². The number of rotatable bonds is 7. The Morgan fingerprint density at radius 3 is 2.38 bits per heavy atom. The third-order valence-electron chi connectivity index (χ3n) is 5.49. The lowest BCUT2D eigenvalue weighted by Crippen LogP contribution is -2.46. The van der Waals surface area contributed by atoms with Crippen LogP contribution in [0.1, 0.15) is 18.9 Å². The summed E-state index contributed by atoms with van der Waals surface area (Å²) < 4.78 is 0. The van der Waals surface area contributed by atoms with Crippen LogP contribution in [0, 0.1) is 0 Å². The van der Waals surface area contributed by atoms with Crippen molar-refractivity contribution in [2.45, 2.75) is 19.8 Å². The number of hydrogen-bond donors (Lipinski definition) is 1. The molecule has 156 valence electrons. The maximum Gasteiger partial charge on any atom is 0.224 e. The number of piperazine rings is 1. The number of nitrogens with zero attached hydrogens (tertiary/aromatic N) is 3. The van der Waals surface area contributed by atoms with Gasteiger partial charge in [-0.1, -0.05) is 30.7 Å². The molecular formula is C23H31ClN4O. The fraction of sp³-hybridized carbons (Fsp3) is 0.435. The van der Waals surface area contributed by atoms with E-state index in [1.54, 1.807) is 0 Å². The van der Waals surface area contributed by atoms with Crippen LogP contribution < -0.4 is 15.1 Å². The Bertz CT molecular complexity index is 814. The summed E-state index contributed by atoms with van der Waals surface area (Å²) in [4.78, 5) is 19.5. The van der Waals surface area contributed by atoms with Gasteiger partial charge in [0, 0.05) is 57.4 Å². The number of likely N-dealkylation sites (N-methyl/N-ethyl adjacent to an activating group) is 1. The summed E-state index contributed by atoms with van der Waals surface area (Å²) >= 11 is 6.22. The molecule has 1 aliphatic rings. The van der Waals surface area contributed by atoms with Crippen molar-refractivity contribution in [3.63, 3.8) is 0 Å².